The molecular formula is C14H18INO4. The summed E-state index contributed by atoms with van der Waals surface area (Å²) in [4.78, 5) is 23.5. The molecular weight excluding hydrogens is 373 g/mol. The molecule has 1 rings (SSSR count). The van der Waals surface area contributed by atoms with E-state index in [-0.39, 0.29) is 6.42 Å². The summed E-state index contributed by atoms with van der Waals surface area (Å²) in [6.45, 7) is 4.99. The molecule has 0 aromatic heterocycles. The van der Waals surface area contributed by atoms with E-state index in [0.717, 1.165) is 3.57 Å². The molecule has 0 bridgehead atoms. The van der Waals surface area contributed by atoms with Crippen molar-refractivity contribution in [2.45, 2.75) is 38.3 Å². The number of esters is 1. The van der Waals surface area contributed by atoms with Gasteiger partial charge < -0.3 is 15.6 Å². The Morgan fingerprint density at radius 3 is 2.15 bits per heavy atom. The Morgan fingerprint density at radius 2 is 1.75 bits per heavy atom. The zero-order valence-electron chi connectivity index (χ0n) is 11.6. The van der Waals surface area contributed by atoms with Gasteiger partial charge in [0.15, 0.2) is 0 Å². The number of rotatable bonds is 4. The van der Waals surface area contributed by atoms with Gasteiger partial charge >= 0.3 is 11.9 Å². The van der Waals surface area contributed by atoms with E-state index in [1.807, 2.05) is 12.1 Å². The number of hydrogen-bond acceptors (Lipinski definition) is 4. The first-order valence-corrected chi connectivity index (χ1v) is 7.12. The van der Waals surface area contributed by atoms with Crippen molar-refractivity contribution in [1.29, 1.82) is 0 Å². The maximum absolute atomic E-state index is 12.1. The molecule has 0 saturated carbocycles. The zero-order chi connectivity index (χ0) is 15.6. The Kier molecular flexibility index (Phi) is 5.15. The molecule has 1 aromatic carbocycles. The molecule has 0 spiro atoms. The highest BCUT2D eigenvalue weighted by atomic mass is 127. The molecule has 0 fully saturated rings. The largest absolute Gasteiger partial charge is 0.479 e. The van der Waals surface area contributed by atoms with E-state index in [2.05, 4.69) is 22.6 Å². The van der Waals surface area contributed by atoms with Crippen LogP contribution in [0.15, 0.2) is 24.3 Å². The normalized spacial score (nSPS) is 14.4. The quantitative estimate of drug-likeness (QED) is 0.465. The highest BCUT2D eigenvalue weighted by molar-refractivity contribution is 14.1. The van der Waals surface area contributed by atoms with Crippen LogP contribution in [0, 0.1) is 3.57 Å². The van der Waals surface area contributed by atoms with Gasteiger partial charge in [-0.25, -0.2) is 9.59 Å². The third kappa shape index (κ3) is 4.45. The molecule has 0 heterocycles. The van der Waals surface area contributed by atoms with Crippen molar-refractivity contribution >= 4 is 34.5 Å². The molecule has 1 aromatic rings. The number of aliphatic carboxylic acids is 1. The molecule has 20 heavy (non-hydrogen) atoms. The SMILES string of the molecule is CC(C)(C)OC(=O)[C@](N)(Cc1ccc(I)cc1)C(=O)O. The van der Waals surface area contributed by atoms with Gasteiger partial charge in [0.25, 0.3) is 0 Å². The highest BCUT2D eigenvalue weighted by Crippen LogP contribution is 2.19. The summed E-state index contributed by atoms with van der Waals surface area (Å²) < 4.78 is 6.13. The van der Waals surface area contributed by atoms with E-state index in [9.17, 15) is 14.7 Å². The summed E-state index contributed by atoms with van der Waals surface area (Å²) in [5, 5.41) is 9.29. The first-order valence-electron chi connectivity index (χ1n) is 6.05. The zero-order valence-corrected chi connectivity index (χ0v) is 13.8. The number of ether oxygens (including phenoxy) is 1. The van der Waals surface area contributed by atoms with Crippen LogP contribution in [0.5, 0.6) is 0 Å². The third-order valence-electron chi connectivity index (χ3n) is 2.54. The molecule has 3 N–H and O–H groups in total. The Labute approximate surface area is 131 Å². The van der Waals surface area contributed by atoms with Crippen molar-refractivity contribution < 1.29 is 19.4 Å². The van der Waals surface area contributed by atoms with E-state index in [4.69, 9.17) is 10.5 Å². The Hall–Kier alpha value is -1.15. The third-order valence-corrected chi connectivity index (χ3v) is 3.26. The second-order valence-electron chi connectivity index (χ2n) is 5.58. The van der Waals surface area contributed by atoms with E-state index in [0.29, 0.717) is 5.56 Å². The second kappa shape index (κ2) is 6.09. The summed E-state index contributed by atoms with van der Waals surface area (Å²) in [7, 11) is 0. The van der Waals surface area contributed by atoms with Gasteiger partial charge in [0.1, 0.15) is 5.60 Å². The predicted octanol–water partition coefficient (Wildman–Crippen LogP) is 1.96. The van der Waals surface area contributed by atoms with Crippen molar-refractivity contribution in [1.82, 2.24) is 0 Å². The van der Waals surface area contributed by atoms with E-state index >= 15 is 0 Å². The molecule has 110 valence electrons. The van der Waals surface area contributed by atoms with Gasteiger partial charge in [0, 0.05) is 9.99 Å². The predicted molar refractivity (Wildman–Crippen MR) is 83.3 cm³/mol. The molecule has 1 atom stereocenters. The van der Waals surface area contributed by atoms with Crippen molar-refractivity contribution in [2.75, 3.05) is 0 Å². The topological polar surface area (TPSA) is 89.6 Å². The molecule has 0 amide bonds. The summed E-state index contributed by atoms with van der Waals surface area (Å²) in [5.74, 6) is -2.33. The lowest BCUT2D eigenvalue weighted by atomic mass is 9.91. The van der Waals surface area contributed by atoms with Gasteiger partial charge in [-0.15, -0.1) is 0 Å². The van der Waals surface area contributed by atoms with Crippen LogP contribution in [-0.4, -0.2) is 28.2 Å². The van der Waals surface area contributed by atoms with Gasteiger partial charge in [-0.05, 0) is 61.1 Å². The lowest BCUT2D eigenvalue weighted by Crippen LogP contribution is -2.58. The Morgan fingerprint density at radius 1 is 1.25 bits per heavy atom. The van der Waals surface area contributed by atoms with Crippen LogP contribution in [0.4, 0.5) is 0 Å². The van der Waals surface area contributed by atoms with Crippen molar-refractivity contribution in [3.8, 4) is 0 Å². The Bertz CT molecular complexity index is 507. The highest BCUT2D eigenvalue weighted by Gasteiger charge is 2.45. The van der Waals surface area contributed by atoms with Gasteiger partial charge in [-0.1, -0.05) is 12.1 Å². The maximum Gasteiger partial charge on any atom is 0.338 e. The average molecular weight is 391 g/mol. The molecule has 0 aliphatic rings. The Balaban J connectivity index is 3.00. The van der Waals surface area contributed by atoms with Crippen LogP contribution >= 0.6 is 22.6 Å². The monoisotopic (exact) mass is 391 g/mol. The molecule has 5 nitrogen and oxygen atoms in total. The van der Waals surface area contributed by atoms with Gasteiger partial charge in [0.2, 0.25) is 5.54 Å². The first-order chi connectivity index (χ1) is 9.04. The van der Waals surface area contributed by atoms with Crippen LogP contribution in [0.1, 0.15) is 26.3 Å². The van der Waals surface area contributed by atoms with Crippen LogP contribution < -0.4 is 5.73 Å². The van der Waals surface area contributed by atoms with Gasteiger partial charge in [-0.2, -0.15) is 0 Å². The van der Waals surface area contributed by atoms with Crippen molar-refractivity contribution in [3.05, 3.63) is 33.4 Å². The van der Waals surface area contributed by atoms with Crippen LogP contribution in [0.2, 0.25) is 0 Å². The van der Waals surface area contributed by atoms with Crippen molar-refractivity contribution in [3.63, 3.8) is 0 Å². The number of hydrogen-bond donors (Lipinski definition) is 2. The summed E-state index contributed by atoms with van der Waals surface area (Å²) in [6.07, 6.45) is -0.117. The molecule has 0 aliphatic carbocycles. The molecule has 6 heteroatoms. The number of halogens is 1. The van der Waals surface area contributed by atoms with Gasteiger partial charge in [0.05, 0.1) is 0 Å². The fourth-order valence-corrected chi connectivity index (χ4v) is 1.89. The number of nitrogens with two attached hydrogens (primary N) is 1. The van der Waals surface area contributed by atoms with Gasteiger partial charge in [-0.3, -0.25) is 0 Å². The maximum atomic E-state index is 12.1. The number of carbonyl (C=O) groups is 2. The number of carboxylic acids is 1. The van der Waals surface area contributed by atoms with Crippen LogP contribution in [0.3, 0.4) is 0 Å². The second-order valence-corrected chi connectivity index (χ2v) is 6.83. The van der Waals surface area contributed by atoms with E-state index < -0.39 is 23.1 Å². The van der Waals surface area contributed by atoms with Crippen molar-refractivity contribution in [2.24, 2.45) is 5.73 Å². The minimum Gasteiger partial charge on any atom is -0.479 e. The lowest BCUT2D eigenvalue weighted by Gasteiger charge is -2.28. The molecule has 0 saturated heterocycles. The summed E-state index contributed by atoms with van der Waals surface area (Å²) >= 11 is 2.14. The molecule has 0 aliphatic heterocycles. The number of benzene rings is 1. The minimum atomic E-state index is -2.08. The number of carbonyl (C=O) groups excluding carboxylic acids is 1. The molecule has 0 unspecified atom stereocenters. The number of carboxylic acid groups (broad SMARTS) is 1. The standard InChI is InChI=1S/C14H18INO4/c1-13(2,3)20-12(19)14(16,11(17)18)8-9-4-6-10(15)7-5-9/h4-7H,8,16H2,1-3H3,(H,17,18)/t14-/m0/s1. The average Bonchev–Trinajstić information content (AvgIpc) is 2.29. The molecule has 0 radical (unpaired) electrons. The summed E-state index contributed by atoms with van der Waals surface area (Å²) in [5.41, 5.74) is 3.58. The smallest absolute Gasteiger partial charge is 0.338 e. The summed E-state index contributed by atoms with van der Waals surface area (Å²) in [6, 6.07) is 7.15. The first kappa shape index (κ1) is 16.9. The fraction of sp³-hybridized carbons (Fsp3) is 0.429. The van der Waals surface area contributed by atoms with E-state index in [1.54, 1.807) is 32.9 Å². The van der Waals surface area contributed by atoms with Crippen LogP contribution in [-0.2, 0) is 20.7 Å². The fourth-order valence-electron chi connectivity index (χ4n) is 1.53. The lowest BCUT2D eigenvalue weighted by molar-refractivity contribution is -0.169. The van der Waals surface area contributed by atoms with E-state index in [1.165, 1.54) is 0 Å². The van der Waals surface area contributed by atoms with Crippen LogP contribution in [0.25, 0.3) is 0 Å². The minimum absolute atomic E-state index is 0.117.